The first-order chi connectivity index (χ1) is 18.2. The van der Waals surface area contributed by atoms with Crippen molar-refractivity contribution in [3.63, 3.8) is 0 Å². The molecule has 0 fully saturated rings. The fourth-order valence-corrected chi connectivity index (χ4v) is 6.08. The number of rotatable bonds is 9. The number of carbonyl (C=O) groups excluding carboxylic acids is 1. The number of hydrogen-bond donors (Lipinski definition) is 2. The molecule has 0 saturated heterocycles. The first-order valence-electron chi connectivity index (χ1n) is 12.3. The van der Waals surface area contributed by atoms with Gasteiger partial charge in [-0.15, -0.1) is 10.2 Å². The highest BCUT2D eigenvalue weighted by atomic mass is 32.2. The van der Waals surface area contributed by atoms with E-state index in [-0.39, 0.29) is 10.8 Å². The molecular formula is C28H31N5O4S. The van der Waals surface area contributed by atoms with Gasteiger partial charge in [0.1, 0.15) is 11.4 Å². The molecule has 0 aliphatic rings. The van der Waals surface area contributed by atoms with Gasteiger partial charge in [-0.05, 0) is 36.8 Å². The van der Waals surface area contributed by atoms with Gasteiger partial charge >= 0.3 is 0 Å². The minimum atomic E-state index is -3.65. The fraction of sp³-hybridized carbons (Fsp3) is 0.250. The highest BCUT2D eigenvalue weighted by Gasteiger charge is 2.25. The summed E-state index contributed by atoms with van der Waals surface area (Å²) in [5.74, 6) is 0.683. The van der Waals surface area contributed by atoms with E-state index in [1.54, 1.807) is 44.3 Å². The number of aryl methyl sites for hydroxylation is 1. The van der Waals surface area contributed by atoms with Crippen molar-refractivity contribution in [1.29, 1.82) is 0 Å². The van der Waals surface area contributed by atoms with E-state index in [4.69, 9.17) is 4.74 Å². The summed E-state index contributed by atoms with van der Waals surface area (Å²) < 4.78 is 33.4. The average Bonchev–Trinajstić information content (AvgIpc) is 2.93. The van der Waals surface area contributed by atoms with Gasteiger partial charge in [0.05, 0.1) is 17.6 Å². The minimum Gasteiger partial charge on any atom is -0.496 e. The van der Waals surface area contributed by atoms with Crippen molar-refractivity contribution < 1.29 is 17.9 Å². The standard InChI is InChI=1S/C28H31N5O4S/c1-6-33(7-2)38(35,36)25-16-19(13-12-18(25)3)26-21-10-8-9-11-22(21)27(32-31-26)30-20-14-15-24(37-5)23(17-20)28(34)29-4/h8-17H,6-7H2,1-5H3,(H,29,34)(H,30,32). The Kier molecular flexibility index (Phi) is 7.94. The highest BCUT2D eigenvalue weighted by Crippen LogP contribution is 2.34. The zero-order chi connectivity index (χ0) is 27.4. The van der Waals surface area contributed by atoms with Crippen molar-refractivity contribution in [2.24, 2.45) is 0 Å². The number of sulfonamides is 1. The topological polar surface area (TPSA) is 114 Å². The van der Waals surface area contributed by atoms with Crippen LogP contribution in [0.4, 0.5) is 11.5 Å². The summed E-state index contributed by atoms with van der Waals surface area (Å²) in [5.41, 5.74) is 2.92. The Morgan fingerprint density at radius 3 is 2.34 bits per heavy atom. The molecule has 1 aromatic heterocycles. The molecule has 0 saturated carbocycles. The van der Waals surface area contributed by atoms with Crippen LogP contribution in [-0.4, -0.2) is 56.1 Å². The van der Waals surface area contributed by atoms with Crippen molar-refractivity contribution in [1.82, 2.24) is 19.8 Å². The van der Waals surface area contributed by atoms with Crippen LogP contribution in [0.25, 0.3) is 22.0 Å². The number of anilines is 2. The molecule has 198 valence electrons. The molecule has 0 bridgehead atoms. The molecule has 0 aliphatic heterocycles. The number of ether oxygens (including phenoxy) is 1. The lowest BCUT2D eigenvalue weighted by molar-refractivity contribution is 0.0960. The summed E-state index contributed by atoms with van der Waals surface area (Å²) in [7, 11) is -0.585. The van der Waals surface area contributed by atoms with Crippen molar-refractivity contribution in [3.05, 3.63) is 71.8 Å². The Morgan fingerprint density at radius 1 is 0.974 bits per heavy atom. The highest BCUT2D eigenvalue weighted by molar-refractivity contribution is 7.89. The maximum absolute atomic E-state index is 13.3. The lowest BCUT2D eigenvalue weighted by atomic mass is 10.0. The predicted octanol–water partition coefficient (Wildman–Crippen LogP) is 4.75. The molecule has 1 amide bonds. The summed E-state index contributed by atoms with van der Waals surface area (Å²) >= 11 is 0. The molecular weight excluding hydrogens is 502 g/mol. The van der Waals surface area contributed by atoms with Crippen molar-refractivity contribution in [2.45, 2.75) is 25.7 Å². The van der Waals surface area contributed by atoms with Crippen LogP contribution in [-0.2, 0) is 10.0 Å². The molecule has 10 heteroatoms. The largest absolute Gasteiger partial charge is 0.496 e. The molecule has 0 radical (unpaired) electrons. The number of methoxy groups -OCH3 is 1. The van der Waals surface area contributed by atoms with Gasteiger partial charge in [0.25, 0.3) is 5.91 Å². The Bertz CT molecular complexity index is 1600. The van der Waals surface area contributed by atoms with Crippen LogP contribution in [0.2, 0.25) is 0 Å². The van der Waals surface area contributed by atoms with Gasteiger partial charge in [-0.2, -0.15) is 4.31 Å². The van der Waals surface area contributed by atoms with Gasteiger partial charge in [0, 0.05) is 42.2 Å². The third-order valence-corrected chi connectivity index (χ3v) is 8.60. The number of amides is 1. The third kappa shape index (κ3) is 5.05. The van der Waals surface area contributed by atoms with Crippen LogP contribution in [0.3, 0.4) is 0 Å². The molecule has 3 aromatic carbocycles. The predicted molar refractivity (Wildman–Crippen MR) is 149 cm³/mol. The molecule has 1 heterocycles. The summed E-state index contributed by atoms with van der Waals surface area (Å²) in [6.45, 7) is 6.22. The molecule has 38 heavy (non-hydrogen) atoms. The molecule has 0 spiro atoms. The van der Waals surface area contributed by atoms with Crippen molar-refractivity contribution >= 4 is 38.2 Å². The van der Waals surface area contributed by atoms with E-state index in [0.717, 1.165) is 10.8 Å². The molecule has 9 nitrogen and oxygen atoms in total. The van der Waals surface area contributed by atoms with E-state index in [2.05, 4.69) is 20.8 Å². The van der Waals surface area contributed by atoms with E-state index >= 15 is 0 Å². The van der Waals surface area contributed by atoms with Crippen LogP contribution in [0.15, 0.2) is 65.6 Å². The monoisotopic (exact) mass is 533 g/mol. The fourth-order valence-electron chi connectivity index (χ4n) is 4.37. The summed E-state index contributed by atoms with van der Waals surface area (Å²) in [4.78, 5) is 12.6. The second kappa shape index (κ2) is 11.2. The maximum atomic E-state index is 13.3. The molecule has 4 rings (SSSR count). The van der Waals surface area contributed by atoms with Crippen LogP contribution in [0.1, 0.15) is 29.8 Å². The van der Waals surface area contributed by atoms with Gasteiger partial charge in [0.15, 0.2) is 5.82 Å². The number of benzene rings is 3. The van der Waals surface area contributed by atoms with Gasteiger partial charge in [-0.3, -0.25) is 4.79 Å². The van der Waals surface area contributed by atoms with E-state index in [1.807, 2.05) is 44.2 Å². The van der Waals surface area contributed by atoms with E-state index in [9.17, 15) is 13.2 Å². The average molecular weight is 534 g/mol. The second-order valence-electron chi connectivity index (χ2n) is 8.63. The van der Waals surface area contributed by atoms with Crippen LogP contribution < -0.4 is 15.4 Å². The Hall–Kier alpha value is -4.02. The number of carbonyl (C=O) groups is 1. The van der Waals surface area contributed by atoms with Crippen molar-refractivity contribution in [3.8, 4) is 17.0 Å². The molecule has 2 N–H and O–H groups in total. The quantitative estimate of drug-likeness (QED) is 0.319. The Morgan fingerprint density at radius 2 is 1.68 bits per heavy atom. The zero-order valence-corrected chi connectivity index (χ0v) is 22.9. The normalized spacial score (nSPS) is 11.5. The van der Waals surface area contributed by atoms with Gasteiger partial charge in [0.2, 0.25) is 10.0 Å². The summed E-state index contributed by atoms with van der Waals surface area (Å²) in [5, 5.41) is 16.4. The van der Waals surface area contributed by atoms with Gasteiger partial charge in [-0.25, -0.2) is 8.42 Å². The molecule has 0 unspecified atom stereocenters. The number of nitrogens with one attached hydrogen (secondary N) is 2. The Labute approximate surface area is 222 Å². The second-order valence-corrected chi connectivity index (χ2v) is 10.5. The lowest BCUT2D eigenvalue weighted by Gasteiger charge is -2.20. The number of aromatic nitrogens is 2. The molecule has 0 aliphatic carbocycles. The smallest absolute Gasteiger partial charge is 0.254 e. The number of hydrogen-bond acceptors (Lipinski definition) is 7. The Balaban J connectivity index is 1.80. The minimum absolute atomic E-state index is 0.256. The summed E-state index contributed by atoms with van der Waals surface area (Å²) in [6.07, 6.45) is 0. The van der Waals surface area contributed by atoms with Crippen LogP contribution in [0.5, 0.6) is 5.75 Å². The van der Waals surface area contributed by atoms with Gasteiger partial charge in [-0.1, -0.05) is 50.2 Å². The van der Waals surface area contributed by atoms with Gasteiger partial charge < -0.3 is 15.4 Å². The first-order valence-corrected chi connectivity index (χ1v) is 13.7. The summed E-state index contributed by atoms with van der Waals surface area (Å²) in [6, 6.07) is 18.2. The van der Waals surface area contributed by atoms with E-state index in [1.165, 1.54) is 11.4 Å². The number of fused-ring (bicyclic) bond motifs is 1. The third-order valence-electron chi connectivity index (χ3n) is 6.41. The number of nitrogens with zero attached hydrogens (tertiary/aromatic N) is 3. The maximum Gasteiger partial charge on any atom is 0.254 e. The molecule has 4 aromatic rings. The SMILES string of the molecule is CCN(CC)S(=O)(=O)c1cc(-c2nnc(Nc3ccc(OC)c(C(=O)NC)c3)c3ccccc23)ccc1C. The van der Waals surface area contributed by atoms with Crippen LogP contribution in [0, 0.1) is 6.92 Å². The van der Waals surface area contributed by atoms with Crippen LogP contribution >= 0.6 is 0 Å². The lowest BCUT2D eigenvalue weighted by Crippen LogP contribution is -2.31. The van der Waals surface area contributed by atoms with Crippen molar-refractivity contribution in [2.75, 3.05) is 32.6 Å². The van der Waals surface area contributed by atoms with E-state index in [0.29, 0.717) is 52.7 Å². The van der Waals surface area contributed by atoms with E-state index < -0.39 is 10.0 Å². The zero-order valence-electron chi connectivity index (χ0n) is 22.1. The first kappa shape index (κ1) is 27.0. The molecule has 0 atom stereocenters.